The van der Waals surface area contributed by atoms with Gasteiger partial charge in [0.15, 0.2) is 40.5 Å². The van der Waals surface area contributed by atoms with E-state index < -0.39 is 11.6 Å². The summed E-state index contributed by atoms with van der Waals surface area (Å²) in [5.41, 5.74) is 7.03. The molecule has 0 spiro atoms. The predicted octanol–water partition coefficient (Wildman–Crippen LogP) is 32.1. The molecule has 20 aliphatic rings. The molecule has 40 rings (SSSR count). The highest BCUT2D eigenvalue weighted by Crippen LogP contribution is 2.39. The summed E-state index contributed by atoms with van der Waals surface area (Å²) in [6.07, 6.45) is 0. The molecule has 20 aliphatic heterocycles. The molecule has 0 atom stereocenters. The monoisotopic (exact) mass is 1950 g/mol. The topological polar surface area (TPSA) is 230 Å². The Bertz CT molecular complexity index is 7170. The molecule has 0 saturated carbocycles. The van der Waals surface area contributed by atoms with Crippen LogP contribution in [0.1, 0.15) is 111 Å². The zero-order chi connectivity index (χ0) is 101. The maximum atomic E-state index is 13.3. The summed E-state index contributed by atoms with van der Waals surface area (Å²) in [6, 6.07) is 137. The van der Waals surface area contributed by atoms with Gasteiger partial charge in [0.2, 0.25) is 0 Å². The minimum absolute atomic E-state index is 0.101. The molecule has 0 N–H and O–H groups in total. The normalized spacial score (nSPS) is 12.0. The van der Waals surface area contributed by atoms with Gasteiger partial charge >= 0.3 is 0 Å². The van der Waals surface area contributed by atoms with Gasteiger partial charge in [0, 0.05) is 77.9 Å². The fourth-order valence-corrected chi connectivity index (χ4v) is 15.5. The first-order valence-electron chi connectivity index (χ1n) is 46.6. The predicted molar refractivity (Wildman–Crippen MR) is 554 cm³/mol. The van der Waals surface area contributed by atoms with E-state index in [9.17, 15) is 42.3 Å². The Labute approximate surface area is 847 Å². The minimum atomic E-state index is -0.394. The van der Waals surface area contributed by atoms with E-state index in [1.807, 2.05) is 0 Å². The van der Waals surface area contributed by atoms with Gasteiger partial charge in [-0.2, -0.15) is 0 Å². The summed E-state index contributed by atoms with van der Waals surface area (Å²) in [5.74, 6) is 12.3. The molecule has 20 heterocycles. The summed E-state index contributed by atoms with van der Waals surface area (Å²) in [5, 5.41) is 0. The van der Waals surface area contributed by atoms with Crippen LogP contribution in [0.25, 0.3) is 0 Å². The van der Waals surface area contributed by atoms with Crippen molar-refractivity contribution in [3.63, 3.8) is 0 Å². The molecule has 0 aliphatic carbocycles. The van der Waals surface area contributed by atoms with Crippen molar-refractivity contribution >= 4 is 40.5 Å². The van der Waals surface area contributed by atoms with E-state index >= 15 is 0 Å². The second kappa shape index (κ2) is 44.2. The van der Waals surface area contributed by atoms with Crippen molar-refractivity contribution < 1.29 is 99.2 Å². The largest absolute Gasteiger partial charge is 0.457 e. The van der Waals surface area contributed by atoms with Crippen LogP contribution in [0, 0.1) is 11.6 Å². The third-order valence-corrected chi connectivity index (χ3v) is 23.4. The Morgan fingerprint density at radius 3 is 0.345 bits per heavy atom. The zero-order valence-electron chi connectivity index (χ0n) is 78.2. The highest BCUT2D eigenvalue weighted by molar-refractivity contribution is 6.13. The van der Waals surface area contributed by atoms with Gasteiger partial charge in [0.25, 0.3) is 0 Å². The fraction of sp³-hybridized carbons (Fsp3) is 0. The first-order valence-corrected chi connectivity index (χ1v) is 46.6. The standard InChI is InChI=1S/C57H36O9.C38H24O6.C32H20F2O4/c58-55-37-1-13-43(14-2-37)61-49-25-27-50(28-26-49)63-45-17-5-39(6-18-45)56(59)40-9-21-47(22-10-40)65-53-33-35-54(36-34-53)66-48-23-11-42(12-24-48)57(60)41-7-19-46(20-8-41)64-52-31-29-51(30-32-52)62-44-15-3-38(55)4-16-44;39-37-25-1-9-29(10-2-25)41-33-17-19-34(20-18-33)43-31-13-5-27(6-14-31)38(40)28-7-15-32(16-8-28)44-36-23-21-35(22-24-36)42-30-11-3-26(37)4-12-30;33-25-9-1-21(2-10-25)31(35)23-5-13-27(14-6-23)37-29-17-19-30(20-18-29)38-28-15-7-24(8-16-28)32(36)22-3-11-26(34)12-4-22/h1-36H;1-24H;1-20H. The first kappa shape index (κ1) is 95.1. The van der Waals surface area contributed by atoms with Crippen LogP contribution in [0.3, 0.4) is 0 Å². The quantitative estimate of drug-likeness (QED) is 0.129. The number of rotatable bonds is 8. The number of hydrogen-bond acceptors (Lipinski definition) is 19. The molecule has 0 unspecified atom stereocenters. The number of ketones is 7. The van der Waals surface area contributed by atoms with Crippen molar-refractivity contribution in [1.29, 1.82) is 0 Å². The van der Waals surface area contributed by atoms with E-state index in [4.69, 9.17) is 56.8 Å². The van der Waals surface area contributed by atoms with Crippen LogP contribution < -0.4 is 56.8 Å². The van der Waals surface area contributed by atoms with Crippen LogP contribution in [-0.4, -0.2) is 40.5 Å². The summed E-state index contributed by atoms with van der Waals surface area (Å²) < 4.78 is 98.0. The molecule has 0 aromatic heterocycles. The molecule has 0 radical (unpaired) electrons. The Hall–Kier alpha value is -20.4. The van der Waals surface area contributed by atoms with Gasteiger partial charge in [0.05, 0.1) is 0 Å². The fourth-order valence-electron chi connectivity index (χ4n) is 15.5. The van der Waals surface area contributed by atoms with E-state index in [2.05, 4.69) is 0 Å². The molecular weight excluding hydrogens is 1870 g/mol. The maximum absolute atomic E-state index is 13.3. The lowest BCUT2D eigenvalue weighted by Crippen LogP contribution is -2.01. The Morgan fingerprint density at radius 1 is 0.135 bits per heavy atom. The number of benzene rings is 20. The lowest BCUT2D eigenvalue weighted by atomic mass is 10.0. The van der Waals surface area contributed by atoms with Gasteiger partial charge in [-0.15, -0.1) is 0 Å². The van der Waals surface area contributed by atoms with Gasteiger partial charge < -0.3 is 56.8 Å². The molecule has 0 fully saturated rings. The number of hydrogen-bond donors (Lipinski definition) is 0. The number of halogens is 2. The zero-order valence-corrected chi connectivity index (χ0v) is 78.2. The number of carbonyl (C=O) groups is 7. The second-order valence-corrected chi connectivity index (χ2v) is 33.7. The van der Waals surface area contributed by atoms with Crippen molar-refractivity contribution in [2.45, 2.75) is 0 Å². The van der Waals surface area contributed by atoms with Crippen molar-refractivity contribution in [2.24, 2.45) is 0 Å². The number of fused-ring (bicyclic) bond motifs is 9. The summed E-state index contributed by atoms with van der Waals surface area (Å²) in [4.78, 5) is 91.2. The third kappa shape index (κ3) is 24.2. The summed E-state index contributed by atoms with van der Waals surface area (Å²) in [6.45, 7) is 0. The van der Waals surface area contributed by atoms with Crippen molar-refractivity contribution in [3.05, 3.63) is 575 Å². The van der Waals surface area contributed by atoms with E-state index in [-0.39, 0.29) is 40.5 Å². The minimum Gasteiger partial charge on any atom is -0.457 e. The molecule has 148 heavy (non-hydrogen) atoms. The van der Waals surface area contributed by atoms with Crippen LogP contribution in [0.5, 0.6) is 138 Å². The molecule has 20 aromatic carbocycles. The third-order valence-electron chi connectivity index (χ3n) is 23.4. The molecule has 0 saturated heterocycles. The lowest BCUT2D eigenvalue weighted by Gasteiger charge is -2.11. The van der Waals surface area contributed by atoms with Crippen LogP contribution in [0.15, 0.2) is 485 Å². The van der Waals surface area contributed by atoms with Crippen LogP contribution in [-0.2, 0) is 0 Å². The van der Waals surface area contributed by atoms with E-state index in [1.165, 1.54) is 48.5 Å². The van der Waals surface area contributed by atoms with E-state index in [0.717, 1.165) is 0 Å². The molecule has 0 amide bonds. The number of ether oxygens (including phenoxy) is 12. The molecule has 30 bridgehead atoms. The van der Waals surface area contributed by atoms with Gasteiger partial charge in [-0.3, -0.25) is 33.6 Å². The van der Waals surface area contributed by atoms with Gasteiger partial charge in [-0.1, -0.05) is 0 Å². The maximum Gasteiger partial charge on any atom is 0.193 e. The average molecular weight is 1950 g/mol. The molecule has 716 valence electrons. The molecule has 19 nitrogen and oxygen atoms in total. The van der Waals surface area contributed by atoms with Gasteiger partial charge in [0.1, 0.15) is 150 Å². The lowest BCUT2D eigenvalue weighted by molar-refractivity contribution is 0.103. The van der Waals surface area contributed by atoms with Crippen LogP contribution in [0.2, 0.25) is 0 Å². The Balaban J connectivity index is 0.000000141. The molecular formula is C127H80F2O19. The summed E-state index contributed by atoms with van der Waals surface area (Å²) in [7, 11) is 0. The summed E-state index contributed by atoms with van der Waals surface area (Å²) >= 11 is 0. The smallest absolute Gasteiger partial charge is 0.193 e. The Morgan fingerprint density at radius 2 is 0.230 bits per heavy atom. The Kier molecular flexibility index (Phi) is 28.4. The van der Waals surface area contributed by atoms with Crippen molar-refractivity contribution in [2.75, 3.05) is 0 Å². The van der Waals surface area contributed by atoms with Crippen molar-refractivity contribution in [3.8, 4) is 138 Å². The van der Waals surface area contributed by atoms with Crippen molar-refractivity contribution in [1.82, 2.24) is 0 Å². The highest BCUT2D eigenvalue weighted by Gasteiger charge is 2.21. The second-order valence-electron chi connectivity index (χ2n) is 33.7. The average Bonchev–Trinajstić information content (AvgIpc) is 0.852. The van der Waals surface area contributed by atoms with Crippen LogP contribution >= 0.6 is 0 Å². The van der Waals surface area contributed by atoms with Gasteiger partial charge in [-0.05, 0) is 485 Å². The SMILES string of the molecule is O=C(c1ccc(F)cc1)c1ccc(Oc2ccc(Oc3ccc(C(=O)c4ccc(F)cc4)cc3)cc2)cc1.O=C1c2ccc(cc2)Oc2ccc(cc2)Oc2ccc(cc2)C(=O)c2ccc(cc2)Oc2ccc(cc2)Oc2ccc(cc2)C(=O)c2ccc(cc2)Oc2ccc(cc2)Oc2ccc1cc2.O=C1c2ccc(cc2)Oc2ccc(cc2)Oc2ccc(cc2)C(=O)c2ccc(cc2)Oc2ccc(cc2)Oc2ccc1cc2. The van der Waals surface area contributed by atoms with E-state index in [0.29, 0.717) is 216 Å². The van der Waals surface area contributed by atoms with E-state index in [1.54, 1.807) is 437 Å². The molecule has 20 aromatic rings. The first-order chi connectivity index (χ1) is 72.3. The van der Waals surface area contributed by atoms with Gasteiger partial charge in [-0.25, -0.2) is 8.78 Å². The highest BCUT2D eigenvalue weighted by atomic mass is 19.1. The number of carbonyl (C=O) groups excluding carboxylic acids is 7. The van der Waals surface area contributed by atoms with Crippen LogP contribution in [0.4, 0.5) is 8.78 Å². The molecule has 21 heteroatoms.